The second kappa shape index (κ2) is 9.57. The Hall–Kier alpha value is -1.34. The van der Waals surface area contributed by atoms with Crippen LogP contribution in [-0.4, -0.2) is 37.0 Å². The smallest absolute Gasteiger partial charge is 0.305 e. The fourth-order valence-corrected chi connectivity index (χ4v) is 1.22. The van der Waals surface area contributed by atoms with Crippen LogP contribution in [0.25, 0.3) is 0 Å². The second-order valence-electron chi connectivity index (χ2n) is 4.35. The lowest BCUT2D eigenvalue weighted by Crippen LogP contribution is -2.52. The molecule has 0 aliphatic carbocycles. The van der Waals surface area contributed by atoms with E-state index in [9.17, 15) is 14.4 Å². The van der Waals surface area contributed by atoms with Crippen LogP contribution in [0.5, 0.6) is 0 Å². The number of esters is 1. The predicted molar refractivity (Wildman–Crippen MR) is 72.4 cm³/mol. The van der Waals surface area contributed by atoms with Crippen molar-refractivity contribution in [1.82, 2.24) is 5.32 Å². The Morgan fingerprint density at radius 2 is 1.79 bits per heavy atom. The maximum absolute atomic E-state index is 11.7. The number of halogens is 1. The molecule has 8 heteroatoms. The molecule has 0 radical (unpaired) electrons. The number of nitrogens with one attached hydrogen (secondary N) is 1. The van der Waals surface area contributed by atoms with E-state index in [0.717, 1.165) is 0 Å². The Balaban J connectivity index is 0. The third-order valence-corrected chi connectivity index (χ3v) is 2.55. The molecule has 0 unspecified atom stereocenters. The summed E-state index contributed by atoms with van der Waals surface area (Å²) >= 11 is 0. The van der Waals surface area contributed by atoms with Crippen LogP contribution in [0, 0.1) is 5.92 Å². The lowest BCUT2D eigenvalue weighted by atomic mass is 10.0. The van der Waals surface area contributed by atoms with Crippen molar-refractivity contribution in [2.75, 3.05) is 7.11 Å². The topological polar surface area (TPSA) is 125 Å². The van der Waals surface area contributed by atoms with Gasteiger partial charge in [0.05, 0.1) is 13.2 Å². The van der Waals surface area contributed by atoms with Crippen LogP contribution in [0.3, 0.4) is 0 Å². The summed E-state index contributed by atoms with van der Waals surface area (Å²) in [6.45, 7) is 3.58. The highest BCUT2D eigenvalue weighted by Gasteiger charge is 2.24. The Kier molecular flexibility index (Phi) is 10.1. The monoisotopic (exact) mass is 295 g/mol. The summed E-state index contributed by atoms with van der Waals surface area (Å²) in [7, 11) is 1.24. The molecule has 0 heterocycles. The SMILES string of the molecule is COC(=O)CC[C@@H](NC(=O)[C@@H](N)C(C)C)C(N)=O.Cl. The van der Waals surface area contributed by atoms with Gasteiger partial charge in [-0.3, -0.25) is 14.4 Å². The van der Waals surface area contributed by atoms with Crippen molar-refractivity contribution < 1.29 is 19.1 Å². The maximum atomic E-state index is 11.7. The van der Waals surface area contributed by atoms with Crippen LogP contribution in [0.15, 0.2) is 0 Å². The zero-order chi connectivity index (χ0) is 14.3. The van der Waals surface area contributed by atoms with E-state index in [0.29, 0.717) is 0 Å². The largest absolute Gasteiger partial charge is 0.469 e. The lowest BCUT2D eigenvalue weighted by Gasteiger charge is -2.20. The summed E-state index contributed by atoms with van der Waals surface area (Å²) in [5.41, 5.74) is 10.8. The van der Waals surface area contributed by atoms with Crippen molar-refractivity contribution in [3.05, 3.63) is 0 Å². The van der Waals surface area contributed by atoms with E-state index < -0.39 is 29.9 Å². The van der Waals surface area contributed by atoms with E-state index in [1.165, 1.54) is 7.11 Å². The van der Waals surface area contributed by atoms with Gasteiger partial charge in [0, 0.05) is 6.42 Å². The van der Waals surface area contributed by atoms with Gasteiger partial charge < -0.3 is 21.5 Å². The van der Waals surface area contributed by atoms with Gasteiger partial charge in [-0.1, -0.05) is 13.8 Å². The summed E-state index contributed by atoms with van der Waals surface area (Å²) in [5.74, 6) is -1.69. The van der Waals surface area contributed by atoms with Gasteiger partial charge in [0.25, 0.3) is 0 Å². The third kappa shape index (κ3) is 7.63. The molecule has 19 heavy (non-hydrogen) atoms. The summed E-state index contributed by atoms with van der Waals surface area (Å²) in [4.78, 5) is 33.8. The Bertz CT molecular complexity index is 323. The number of primary amides is 1. The quantitative estimate of drug-likeness (QED) is 0.536. The molecule has 0 rings (SSSR count). The van der Waals surface area contributed by atoms with E-state index in [2.05, 4.69) is 10.1 Å². The average Bonchev–Trinajstić information content (AvgIpc) is 2.31. The molecule has 0 saturated carbocycles. The minimum atomic E-state index is -0.915. The highest BCUT2D eigenvalue weighted by molar-refractivity contribution is 5.89. The van der Waals surface area contributed by atoms with Gasteiger partial charge in [-0.25, -0.2) is 0 Å². The predicted octanol–water partition coefficient (Wildman–Crippen LogP) is -0.685. The summed E-state index contributed by atoms with van der Waals surface area (Å²) in [6.07, 6.45) is 0.0971. The van der Waals surface area contributed by atoms with E-state index in [1.807, 2.05) is 0 Å². The number of carbonyl (C=O) groups excluding carboxylic acids is 3. The molecule has 0 bridgehead atoms. The molecule has 0 aliphatic heterocycles. The molecule has 2 amide bonds. The maximum Gasteiger partial charge on any atom is 0.305 e. The van der Waals surface area contributed by atoms with Gasteiger partial charge in [0.15, 0.2) is 0 Å². The van der Waals surface area contributed by atoms with Crippen molar-refractivity contribution >= 4 is 30.2 Å². The molecule has 0 aliphatic rings. The molecular weight excluding hydrogens is 274 g/mol. The van der Waals surface area contributed by atoms with Gasteiger partial charge >= 0.3 is 5.97 Å². The van der Waals surface area contributed by atoms with Crippen LogP contribution in [0.4, 0.5) is 0 Å². The number of hydrogen-bond acceptors (Lipinski definition) is 5. The first-order chi connectivity index (χ1) is 8.29. The molecule has 0 aromatic heterocycles. The third-order valence-electron chi connectivity index (χ3n) is 2.55. The molecule has 7 nitrogen and oxygen atoms in total. The molecule has 0 aromatic rings. The molecule has 0 aromatic carbocycles. The summed E-state index contributed by atoms with van der Waals surface area (Å²) in [5, 5.41) is 2.43. The molecule has 0 saturated heterocycles. The molecule has 2 atom stereocenters. The number of hydrogen-bond donors (Lipinski definition) is 3. The standard InChI is InChI=1S/C11H21N3O4.ClH/c1-6(2)9(12)11(17)14-7(10(13)16)4-5-8(15)18-3;/h6-7,9H,4-5,12H2,1-3H3,(H2,13,16)(H,14,17);1H/t7-,9+;/m1./s1. The minimum Gasteiger partial charge on any atom is -0.469 e. The molecule has 112 valence electrons. The Morgan fingerprint density at radius 3 is 2.16 bits per heavy atom. The molecule has 0 fully saturated rings. The highest BCUT2D eigenvalue weighted by atomic mass is 35.5. The lowest BCUT2D eigenvalue weighted by molar-refractivity contribution is -0.141. The van der Waals surface area contributed by atoms with Gasteiger partial charge in [0.1, 0.15) is 6.04 Å². The van der Waals surface area contributed by atoms with Crippen molar-refractivity contribution in [2.24, 2.45) is 17.4 Å². The average molecular weight is 296 g/mol. The van der Waals surface area contributed by atoms with Crippen molar-refractivity contribution in [1.29, 1.82) is 0 Å². The number of ether oxygens (including phenoxy) is 1. The zero-order valence-electron chi connectivity index (χ0n) is 11.3. The summed E-state index contributed by atoms with van der Waals surface area (Å²) in [6, 6.07) is -1.63. The number of amides is 2. The Labute approximate surface area is 118 Å². The number of rotatable bonds is 7. The zero-order valence-corrected chi connectivity index (χ0v) is 12.2. The normalized spacial score (nSPS) is 13.1. The minimum absolute atomic E-state index is 0. The first kappa shape index (κ1) is 20.0. The fourth-order valence-electron chi connectivity index (χ4n) is 1.22. The van der Waals surface area contributed by atoms with E-state index in [1.54, 1.807) is 13.8 Å². The number of carbonyl (C=O) groups is 3. The van der Waals surface area contributed by atoms with Gasteiger partial charge in [-0.15, -0.1) is 12.4 Å². The van der Waals surface area contributed by atoms with E-state index in [-0.39, 0.29) is 31.2 Å². The number of nitrogens with two attached hydrogens (primary N) is 2. The van der Waals surface area contributed by atoms with Crippen LogP contribution in [0.2, 0.25) is 0 Å². The van der Waals surface area contributed by atoms with Crippen LogP contribution in [-0.2, 0) is 19.1 Å². The highest BCUT2D eigenvalue weighted by Crippen LogP contribution is 2.02. The van der Waals surface area contributed by atoms with Gasteiger partial charge in [-0.05, 0) is 12.3 Å². The molecular formula is C11H22ClN3O4. The van der Waals surface area contributed by atoms with Crippen molar-refractivity contribution in [3.8, 4) is 0 Å². The Morgan fingerprint density at radius 1 is 1.26 bits per heavy atom. The summed E-state index contributed by atoms with van der Waals surface area (Å²) < 4.78 is 4.44. The van der Waals surface area contributed by atoms with Crippen molar-refractivity contribution in [2.45, 2.75) is 38.8 Å². The van der Waals surface area contributed by atoms with Crippen LogP contribution < -0.4 is 16.8 Å². The van der Waals surface area contributed by atoms with E-state index in [4.69, 9.17) is 11.5 Å². The van der Waals surface area contributed by atoms with Crippen LogP contribution in [0.1, 0.15) is 26.7 Å². The molecule has 0 spiro atoms. The number of methoxy groups -OCH3 is 1. The van der Waals surface area contributed by atoms with Crippen LogP contribution >= 0.6 is 12.4 Å². The van der Waals surface area contributed by atoms with Crippen molar-refractivity contribution in [3.63, 3.8) is 0 Å². The second-order valence-corrected chi connectivity index (χ2v) is 4.35. The van der Waals surface area contributed by atoms with Gasteiger partial charge in [0.2, 0.25) is 11.8 Å². The first-order valence-corrected chi connectivity index (χ1v) is 5.71. The molecule has 5 N–H and O–H groups in total. The first-order valence-electron chi connectivity index (χ1n) is 5.71. The van der Waals surface area contributed by atoms with E-state index >= 15 is 0 Å². The fraction of sp³-hybridized carbons (Fsp3) is 0.727. The van der Waals surface area contributed by atoms with Gasteiger partial charge in [-0.2, -0.15) is 0 Å².